The smallest absolute Gasteiger partial charge is 0.144 e. The van der Waals surface area contributed by atoms with Gasteiger partial charge in [0.25, 0.3) is 0 Å². The predicted molar refractivity (Wildman–Crippen MR) is 257 cm³/mol. The number of nitrogens with zero attached hydrogens (tertiary/aromatic N) is 2. The van der Waals surface area contributed by atoms with Crippen molar-refractivity contribution in [2.75, 3.05) is 0 Å². The van der Waals surface area contributed by atoms with Crippen molar-refractivity contribution in [3.63, 3.8) is 0 Å². The molecule has 0 saturated carbocycles. The summed E-state index contributed by atoms with van der Waals surface area (Å²) in [6.45, 7) is 2.38. The van der Waals surface area contributed by atoms with E-state index in [4.69, 9.17) is 13.8 Å². The molecule has 62 heavy (non-hydrogen) atoms. The van der Waals surface area contributed by atoms with E-state index in [0.717, 1.165) is 84.8 Å². The van der Waals surface area contributed by atoms with Gasteiger partial charge in [-0.1, -0.05) is 134 Å². The van der Waals surface area contributed by atoms with Crippen LogP contribution in [0.1, 0.15) is 48.7 Å². The highest BCUT2D eigenvalue weighted by Crippen LogP contribution is 2.44. The molecule has 0 bridgehead atoms. The Balaban J connectivity index is 1.04. The third-order valence-corrected chi connectivity index (χ3v) is 13.5. The number of hydrogen-bond donors (Lipinski definition) is 1. The average Bonchev–Trinajstić information content (AvgIpc) is 3.99. The molecule has 1 aliphatic rings. The molecule has 13 rings (SSSR count). The Bertz CT molecular complexity index is 3790. The largest absolute Gasteiger partial charge is 0.456 e. The molecule has 0 radical (unpaired) electrons. The third-order valence-electron chi connectivity index (χ3n) is 13.5. The minimum atomic E-state index is -0.357. The van der Waals surface area contributed by atoms with Gasteiger partial charge < -0.3 is 13.4 Å². The quantitative estimate of drug-likeness (QED) is 0.193. The van der Waals surface area contributed by atoms with Gasteiger partial charge in [-0.15, -0.1) is 0 Å². The zero-order valence-electron chi connectivity index (χ0n) is 34.2. The summed E-state index contributed by atoms with van der Waals surface area (Å²) >= 11 is 0. The molecule has 1 N–H and O–H groups in total. The fraction of sp³-hybridized carbons (Fsp3) is 0.105. The highest BCUT2D eigenvalue weighted by atomic mass is 16.3. The van der Waals surface area contributed by atoms with Crippen molar-refractivity contribution >= 4 is 92.9 Å². The van der Waals surface area contributed by atoms with E-state index >= 15 is 0 Å². The van der Waals surface area contributed by atoms with Gasteiger partial charge in [0, 0.05) is 60.9 Å². The molecular formula is C57H41N3O2. The lowest BCUT2D eigenvalue weighted by molar-refractivity contribution is 0.328. The second kappa shape index (κ2) is 13.8. The minimum Gasteiger partial charge on any atom is -0.456 e. The van der Waals surface area contributed by atoms with Crippen molar-refractivity contribution in [2.24, 2.45) is 10.9 Å². The lowest BCUT2D eigenvalue weighted by atomic mass is 9.86. The van der Waals surface area contributed by atoms with E-state index in [2.05, 4.69) is 193 Å². The van der Waals surface area contributed by atoms with Crippen LogP contribution in [0.3, 0.4) is 0 Å². The van der Waals surface area contributed by atoms with E-state index in [9.17, 15) is 0 Å². The molecule has 0 saturated heterocycles. The van der Waals surface area contributed by atoms with Crippen LogP contribution in [-0.2, 0) is 0 Å². The van der Waals surface area contributed by atoms with E-state index in [0.29, 0.717) is 0 Å². The predicted octanol–water partition coefficient (Wildman–Crippen LogP) is 15.1. The minimum absolute atomic E-state index is 0.101. The van der Waals surface area contributed by atoms with Crippen LogP contribution in [-0.4, -0.2) is 10.3 Å². The summed E-state index contributed by atoms with van der Waals surface area (Å²) in [7, 11) is 0. The Morgan fingerprint density at radius 1 is 0.516 bits per heavy atom. The topological polar surface area (TPSA) is 55.6 Å². The van der Waals surface area contributed by atoms with Gasteiger partial charge in [0.15, 0.2) is 0 Å². The van der Waals surface area contributed by atoms with Crippen molar-refractivity contribution in [3.8, 4) is 5.69 Å². The highest BCUT2D eigenvalue weighted by Gasteiger charge is 2.31. The van der Waals surface area contributed by atoms with Gasteiger partial charge in [-0.2, -0.15) is 0 Å². The zero-order chi connectivity index (χ0) is 40.9. The van der Waals surface area contributed by atoms with Gasteiger partial charge in [0.05, 0.1) is 11.0 Å². The van der Waals surface area contributed by atoms with Crippen molar-refractivity contribution in [1.82, 2.24) is 9.88 Å². The van der Waals surface area contributed by atoms with E-state index in [1.807, 2.05) is 6.07 Å². The molecule has 5 nitrogen and oxygen atoms in total. The van der Waals surface area contributed by atoms with Gasteiger partial charge in [0.2, 0.25) is 0 Å². The maximum absolute atomic E-state index is 6.93. The zero-order valence-corrected chi connectivity index (χ0v) is 34.2. The Hall–Kier alpha value is -7.47. The van der Waals surface area contributed by atoms with Crippen LogP contribution in [0.15, 0.2) is 196 Å². The van der Waals surface area contributed by atoms with Crippen molar-refractivity contribution in [3.05, 3.63) is 199 Å². The number of rotatable bonds is 4. The van der Waals surface area contributed by atoms with Crippen molar-refractivity contribution in [2.45, 2.75) is 32.0 Å². The third kappa shape index (κ3) is 5.48. The van der Waals surface area contributed by atoms with Crippen LogP contribution in [0.5, 0.6) is 0 Å². The van der Waals surface area contributed by atoms with E-state index < -0.39 is 0 Å². The summed E-state index contributed by atoms with van der Waals surface area (Å²) in [4.78, 5) is 5.73. The number of para-hydroxylation sites is 4. The molecule has 9 aromatic carbocycles. The van der Waals surface area contributed by atoms with Crippen molar-refractivity contribution in [1.29, 1.82) is 0 Å². The Morgan fingerprint density at radius 3 is 1.97 bits per heavy atom. The van der Waals surface area contributed by atoms with Gasteiger partial charge >= 0.3 is 0 Å². The number of aromatic nitrogens is 1. The van der Waals surface area contributed by atoms with Gasteiger partial charge in [0.1, 0.15) is 28.5 Å². The fourth-order valence-electron chi connectivity index (χ4n) is 10.4. The number of hydrogen-bond acceptors (Lipinski definition) is 4. The number of furan rings is 2. The van der Waals surface area contributed by atoms with Gasteiger partial charge in [-0.3, -0.25) is 10.3 Å². The Kier molecular flexibility index (Phi) is 7.85. The Morgan fingerprint density at radius 2 is 1.16 bits per heavy atom. The fourth-order valence-corrected chi connectivity index (χ4v) is 10.4. The first-order valence-electron chi connectivity index (χ1n) is 21.7. The maximum Gasteiger partial charge on any atom is 0.144 e. The van der Waals surface area contributed by atoms with Gasteiger partial charge in [-0.25, -0.2) is 0 Å². The molecule has 0 amide bonds. The van der Waals surface area contributed by atoms with Gasteiger partial charge in [-0.05, 0) is 100 Å². The first-order chi connectivity index (χ1) is 30.6. The molecule has 3 unspecified atom stereocenters. The normalized spacial score (nSPS) is 18.3. The summed E-state index contributed by atoms with van der Waals surface area (Å²) in [5.74, 6) is 0.201. The van der Waals surface area contributed by atoms with Crippen LogP contribution < -0.4 is 5.32 Å². The summed E-state index contributed by atoms with van der Waals surface area (Å²) in [5, 5.41) is 16.0. The number of aliphatic imine (C=N–C) groups is 1. The molecule has 5 heteroatoms. The Labute approximate surface area is 357 Å². The second-order valence-corrected chi connectivity index (χ2v) is 17.1. The molecule has 0 spiro atoms. The summed E-state index contributed by atoms with van der Waals surface area (Å²) in [6, 6.07) is 65.4. The number of fused-ring (bicyclic) bond motifs is 11. The van der Waals surface area contributed by atoms with E-state index in [1.165, 1.54) is 43.4 Å². The molecule has 12 aromatic rings. The summed E-state index contributed by atoms with van der Waals surface area (Å²) in [5.41, 5.74) is 11.4. The molecular weight excluding hydrogens is 759 g/mol. The molecule has 0 fully saturated rings. The summed E-state index contributed by atoms with van der Waals surface area (Å²) in [6.07, 6.45) is 1.34. The number of benzene rings is 9. The highest BCUT2D eigenvalue weighted by molar-refractivity contribution is 6.16. The molecule has 4 heterocycles. The van der Waals surface area contributed by atoms with E-state index in [1.54, 1.807) is 0 Å². The average molecular weight is 800 g/mol. The lowest BCUT2D eigenvalue weighted by Crippen LogP contribution is -2.33. The number of nitrogens with one attached hydrogen (secondary N) is 1. The molecule has 1 aliphatic heterocycles. The maximum atomic E-state index is 6.93. The van der Waals surface area contributed by atoms with Crippen LogP contribution in [0.4, 0.5) is 0 Å². The van der Waals surface area contributed by atoms with Crippen LogP contribution in [0.2, 0.25) is 0 Å². The second-order valence-electron chi connectivity index (χ2n) is 17.1. The van der Waals surface area contributed by atoms with Crippen LogP contribution in [0.25, 0.3) is 92.9 Å². The standard InChI is InChI=1S/C57H41N3O2/c1-34-25-28-49(45-21-12-20-44-42-18-7-10-23-52(42)61-55(44)45)58-57(39-27-26-35-13-2-3-14-36(35)29-39)59-54(34)48-33-40(32-47-43-19-8-11-24-53(43)62-56(47)48)60-50-22-9-6-17-41(50)46-30-37-15-4-5-16-38(37)31-51(46)60/h2-24,26-27,29-34,54,57,59H,25,28H2,1H3/b58-49+. The first kappa shape index (κ1) is 35.3. The first-order valence-corrected chi connectivity index (χ1v) is 21.7. The summed E-state index contributed by atoms with van der Waals surface area (Å²) < 4.78 is 16.0. The van der Waals surface area contributed by atoms with Crippen LogP contribution >= 0.6 is 0 Å². The molecule has 3 aromatic heterocycles. The van der Waals surface area contributed by atoms with E-state index in [-0.39, 0.29) is 18.1 Å². The molecule has 3 atom stereocenters. The molecule has 0 aliphatic carbocycles. The monoisotopic (exact) mass is 799 g/mol. The lowest BCUT2D eigenvalue weighted by Gasteiger charge is -2.32. The molecule has 296 valence electrons. The van der Waals surface area contributed by atoms with Crippen molar-refractivity contribution < 1.29 is 8.83 Å². The SMILES string of the molecule is CC1CC/C(c2cccc3c2oc2ccccc23)=N\C(c2ccc3ccccc3c2)NC1c1cc(-n2c3ccccc3c3cc4ccccc4cc32)cc2c1oc1ccccc12. The van der Waals surface area contributed by atoms with Crippen LogP contribution in [0, 0.1) is 5.92 Å².